The number of para-hydroxylation sites is 1. The van der Waals surface area contributed by atoms with Gasteiger partial charge in [-0.05, 0) is 45.7 Å². The summed E-state index contributed by atoms with van der Waals surface area (Å²) in [7, 11) is 0. The molecule has 0 atom stereocenters. The molecule has 156 valence electrons. The van der Waals surface area contributed by atoms with Gasteiger partial charge in [0.25, 0.3) is 5.56 Å². The highest BCUT2D eigenvalue weighted by Gasteiger charge is 2.23. The van der Waals surface area contributed by atoms with Crippen LogP contribution in [0.4, 0.5) is 4.79 Å². The lowest BCUT2D eigenvalue weighted by atomic mass is 9.95. The highest BCUT2D eigenvalue weighted by molar-refractivity contribution is 7.99. The molecule has 3 rings (SSSR count). The smallest absolute Gasteiger partial charge is 0.321 e. The van der Waals surface area contributed by atoms with Gasteiger partial charge < -0.3 is 5.32 Å². The van der Waals surface area contributed by atoms with Crippen LogP contribution in [0.1, 0.15) is 58.9 Å². The lowest BCUT2D eigenvalue weighted by molar-refractivity contribution is -0.117. The van der Waals surface area contributed by atoms with E-state index in [0.717, 1.165) is 25.7 Å². The number of carbonyl (C=O) groups excluding carboxylic acids is 2. The molecule has 1 aliphatic carbocycles. The number of benzene rings is 1. The van der Waals surface area contributed by atoms with Gasteiger partial charge in [0, 0.05) is 11.6 Å². The molecule has 0 bridgehead atoms. The summed E-state index contributed by atoms with van der Waals surface area (Å²) in [6, 6.07) is 6.86. The predicted molar refractivity (Wildman–Crippen MR) is 115 cm³/mol. The second-order valence-corrected chi connectivity index (χ2v) is 9.36. The SMILES string of the molecule is CC(C)(C)NC(=O)NC(=O)CSc1nc2ccccc2c(=O)n1C1CCCCC1. The number of hydrogen-bond donors (Lipinski definition) is 2. The monoisotopic (exact) mass is 416 g/mol. The average Bonchev–Trinajstić information content (AvgIpc) is 2.65. The van der Waals surface area contributed by atoms with Crippen LogP contribution >= 0.6 is 11.8 Å². The number of aromatic nitrogens is 2. The highest BCUT2D eigenvalue weighted by atomic mass is 32.2. The number of urea groups is 1. The van der Waals surface area contributed by atoms with Crippen LogP contribution in [0.5, 0.6) is 0 Å². The third-order valence-electron chi connectivity index (χ3n) is 4.79. The van der Waals surface area contributed by atoms with Crippen molar-refractivity contribution in [3.63, 3.8) is 0 Å². The minimum absolute atomic E-state index is 0.00899. The second-order valence-electron chi connectivity index (χ2n) is 8.42. The molecule has 3 amide bonds. The Morgan fingerprint density at radius 1 is 1.17 bits per heavy atom. The van der Waals surface area contributed by atoms with Crippen LogP contribution in [-0.4, -0.2) is 32.8 Å². The van der Waals surface area contributed by atoms with Crippen LogP contribution in [0, 0.1) is 0 Å². The summed E-state index contributed by atoms with van der Waals surface area (Å²) in [6.07, 6.45) is 5.23. The standard InChI is InChI=1S/C21H28N4O3S/c1-21(2,3)24-19(28)23-17(26)13-29-20-22-16-12-8-7-11-15(16)18(27)25(20)14-9-5-4-6-10-14/h7-8,11-12,14H,4-6,9-10,13H2,1-3H3,(H2,23,24,26,28). The molecule has 1 saturated carbocycles. The van der Waals surface area contributed by atoms with Gasteiger partial charge in [-0.25, -0.2) is 9.78 Å². The molecule has 0 saturated heterocycles. The molecule has 2 N–H and O–H groups in total. The molecule has 1 aromatic heterocycles. The van der Waals surface area contributed by atoms with Crippen molar-refractivity contribution in [1.29, 1.82) is 0 Å². The number of carbonyl (C=O) groups is 2. The molecule has 1 heterocycles. The van der Waals surface area contributed by atoms with Crippen molar-refractivity contribution in [2.24, 2.45) is 0 Å². The van der Waals surface area contributed by atoms with Crippen molar-refractivity contribution in [3.8, 4) is 0 Å². The van der Waals surface area contributed by atoms with Crippen LogP contribution in [-0.2, 0) is 4.79 Å². The Morgan fingerprint density at radius 3 is 2.55 bits per heavy atom. The number of nitrogens with one attached hydrogen (secondary N) is 2. The van der Waals surface area contributed by atoms with E-state index >= 15 is 0 Å². The number of fused-ring (bicyclic) bond motifs is 1. The van der Waals surface area contributed by atoms with E-state index in [4.69, 9.17) is 0 Å². The summed E-state index contributed by atoms with van der Waals surface area (Å²) in [5.74, 6) is -0.413. The Balaban J connectivity index is 1.81. The van der Waals surface area contributed by atoms with Crippen molar-refractivity contribution >= 4 is 34.6 Å². The average molecular weight is 417 g/mol. The summed E-state index contributed by atoms with van der Waals surface area (Å²) in [4.78, 5) is 42.0. The van der Waals surface area contributed by atoms with Gasteiger partial charge in [0.05, 0.1) is 16.7 Å². The third kappa shape index (κ3) is 5.59. The van der Waals surface area contributed by atoms with E-state index in [1.807, 2.05) is 39.0 Å². The molecular formula is C21H28N4O3S. The van der Waals surface area contributed by atoms with Gasteiger partial charge in [-0.2, -0.15) is 0 Å². The predicted octanol–water partition coefficient (Wildman–Crippen LogP) is 3.62. The van der Waals surface area contributed by atoms with Crippen molar-refractivity contribution in [2.45, 2.75) is 69.6 Å². The summed E-state index contributed by atoms with van der Waals surface area (Å²) < 4.78 is 1.76. The van der Waals surface area contributed by atoms with Gasteiger partial charge in [-0.3, -0.25) is 19.5 Å². The largest absolute Gasteiger partial charge is 0.333 e. The quantitative estimate of drug-likeness (QED) is 0.587. The number of amides is 3. The number of nitrogens with zero attached hydrogens (tertiary/aromatic N) is 2. The zero-order valence-corrected chi connectivity index (χ0v) is 18.0. The van der Waals surface area contributed by atoms with Crippen LogP contribution in [0.25, 0.3) is 10.9 Å². The van der Waals surface area contributed by atoms with E-state index in [0.29, 0.717) is 16.1 Å². The summed E-state index contributed by atoms with van der Waals surface area (Å²) in [5.41, 5.74) is 0.132. The van der Waals surface area contributed by atoms with E-state index in [9.17, 15) is 14.4 Å². The van der Waals surface area contributed by atoms with Gasteiger partial charge in [-0.1, -0.05) is 43.2 Å². The zero-order chi connectivity index (χ0) is 21.0. The minimum atomic E-state index is -0.528. The maximum atomic E-state index is 13.2. The first-order valence-corrected chi connectivity index (χ1v) is 11.0. The molecule has 0 aliphatic heterocycles. The van der Waals surface area contributed by atoms with Gasteiger partial charge >= 0.3 is 6.03 Å². The Bertz CT molecular complexity index is 959. The Labute approximate surface area is 174 Å². The van der Waals surface area contributed by atoms with Crippen molar-refractivity contribution in [2.75, 3.05) is 5.75 Å². The summed E-state index contributed by atoms with van der Waals surface area (Å²) in [5, 5.41) is 6.15. The molecule has 29 heavy (non-hydrogen) atoms. The first-order valence-electron chi connectivity index (χ1n) is 10.0. The number of hydrogen-bond acceptors (Lipinski definition) is 5. The van der Waals surface area contributed by atoms with Crippen LogP contribution < -0.4 is 16.2 Å². The molecule has 1 fully saturated rings. The minimum Gasteiger partial charge on any atom is -0.333 e. The highest BCUT2D eigenvalue weighted by Crippen LogP contribution is 2.31. The van der Waals surface area contributed by atoms with Gasteiger partial charge in [0.1, 0.15) is 0 Å². The van der Waals surface area contributed by atoms with E-state index in [2.05, 4.69) is 15.6 Å². The Morgan fingerprint density at radius 2 is 1.86 bits per heavy atom. The molecular weight excluding hydrogens is 388 g/mol. The molecule has 1 aromatic carbocycles. The lowest BCUT2D eigenvalue weighted by Gasteiger charge is -2.26. The fraction of sp³-hybridized carbons (Fsp3) is 0.524. The molecule has 8 heteroatoms. The first kappa shape index (κ1) is 21.4. The number of imide groups is 1. The second kappa shape index (κ2) is 8.98. The summed E-state index contributed by atoms with van der Waals surface area (Å²) >= 11 is 1.20. The van der Waals surface area contributed by atoms with E-state index in [1.165, 1.54) is 18.2 Å². The molecule has 2 aromatic rings. The zero-order valence-electron chi connectivity index (χ0n) is 17.2. The van der Waals surface area contributed by atoms with E-state index in [-0.39, 0.29) is 17.4 Å². The van der Waals surface area contributed by atoms with Crippen LogP contribution in [0.2, 0.25) is 0 Å². The normalized spacial score (nSPS) is 15.3. The first-order chi connectivity index (χ1) is 13.7. The maximum Gasteiger partial charge on any atom is 0.321 e. The maximum absolute atomic E-state index is 13.2. The van der Waals surface area contributed by atoms with Crippen molar-refractivity contribution in [3.05, 3.63) is 34.6 Å². The molecule has 1 aliphatic rings. The van der Waals surface area contributed by atoms with Gasteiger partial charge in [0.2, 0.25) is 5.91 Å². The van der Waals surface area contributed by atoms with Crippen molar-refractivity contribution < 1.29 is 9.59 Å². The van der Waals surface area contributed by atoms with Gasteiger partial charge in [0.15, 0.2) is 5.16 Å². The van der Waals surface area contributed by atoms with Crippen molar-refractivity contribution in [1.82, 2.24) is 20.2 Å². The molecule has 0 unspecified atom stereocenters. The van der Waals surface area contributed by atoms with Crippen LogP contribution in [0.15, 0.2) is 34.2 Å². The fourth-order valence-corrected chi connectivity index (χ4v) is 4.42. The molecule has 7 nitrogen and oxygen atoms in total. The molecule has 0 spiro atoms. The lowest BCUT2D eigenvalue weighted by Crippen LogP contribution is -2.48. The Kier molecular flexibility index (Phi) is 6.62. The molecule has 0 radical (unpaired) electrons. The van der Waals surface area contributed by atoms with E-state index in [1.54, 1.807) is 10.6 Å². The number of thioether (sulfide) groups is 1. The van der Waals surface area contributed by atoms with E-state index < -0.39 is 17.5 Å². The van der Waals surface area contributed by atoms with Crippen LogP contribution in [0.3, 0.4) is 0 Å². The summed E-state index contributed by atoms with van der Waals surface area (Å²) in [6.45, 7) is 5.52. The number of rotatable bonds is 4. The third-order valence-corrected chi connectivity index (χ3v) is 5.74. The fourth-order valence-electron chi connectivity index (χ4n) is 3.55. The topological polar surface area (TPSA) is 93.1 Å². The van der Waals surface area contributed by atoms with Gasteiger partial charge in [-0.15, -0.1) is 0 Å². The Hall–Kier alpha value is -2.35.